The van der Waals surface area contributed by atoms with Crippen LogP contribution in [0.4, 0.5) is 5.82 Å². The van der Waals surface area contributed by atoms with Gasteiger partial charge in [0.15, 0.2) is 10.8 Å². The molecule has 4 nitrogen and oxygen atoms in total. The van der Waals surface area contributed by atoms with E-state index in [1.54, 1.807) is 11.3 Å². The minimum atomic E-state index is 0.909. The van der Waals surface area contributed by atoms with E-state index in [1.165, 1.54) is 37.2 Å². The van der Waals surface area contributed by atoms with E-state index in [0.29, 0.717) is 0 Å². The van der Waals surface area contributed by atoms with Crippen LogP contribution in [0.25, 0.3) is 4.96 Å². The third-order valence-electron chi connectivity index (χ3n) is 4.55. The molecule has 0 radical (unpaired) electrons. The van der Waals surface area contributed by atoms with Crippen LogP contribution in [0.1, 0.15) is 45.2 Å². The zero-order valence-corrected chi connectivity index (χ0v) is 14.0. The van der Waals surface area contributed by atoms with E-state index in [4.69, 9.17) is 4.98 Å². The van der Waals surface area contributed by atoms with Crippen LogP contribution in [0.15, 0.2) is 11.6 Å². The van der Waals surface area contributed by atoms with E-state index in [2.05, 4.69) is 40.0 Å². The maximum absolute atomic E-state index is 4.89. The minimum absolute atomic E-state index is 0.909. The van der Waals surface area contributed by atoms with Crippen LogP contribution in [0.3, 0.4) is 0 Å². The summed E-state index contributed by atoms with van der Waals surface area (Å²) in [7, 11) is 0. The highest BCUT2D eigenvalue weighted by Crippen LogP contribution is 2.29. The summed E-state index contributed by atoms with van der Waals surface area (Å²) in [6.45, 7) is 8.81. The van der Waals surface area contributed by atoms with Crippen molar-refractivity contribution in [1.82, 2.24) is 14.7 Å². The molecule has 0 bridgehead atoms. The van der Waals surface area contributed by atoms with Gasteiger partial charge in [0.25, 0.3) is 0 Å². The molecule has 3 rings (SSSR count). The molecule has 1 fully saturated rings. The molecular formula is C16H26N4S. The lowest BCUT2D eigenvalue weighted by Gasteiger charge is -2.32. The Labute approximate surface area is 131 Å². The maximum atomic E-state index is 4.89. The summed E-state index contributed by atoms with van der Waals surface area (Å²) in [5, 5.41) is 5.66. The second kappa shape index (κ2) is 6.79. The smallest absolute Gasteiger partial charge is 0.195 e. The molecule has 0 spiro atoms. The molecule has 0 unspecified atom stereocenters. The third kappa shape index (κ3) is 3.09. The van der Waals surface area contributed by atoms with Gasteiger partial charge in [-0.15, -0.1) is 11.3 Å². The second-order valence-corrected chi connectivity index (χ2v) is 6.83. The van der Waals surface area contributed by atoms with Gasteiger partial charge in [-0.05, 0) is 31.7 Å². The first-order chi connectivity index (χ1) is 10.3. The Morgan fingerprint density at radius 1 is 1.33 bits per heavy atom. The Kier molecular flexibility index (Phi) is 4.80. The first-order valence-corrected chi connectivity index (χ1v) is 9.11. The van der Waals surface area contributed by atoms with Crippen LogP contribution in [0.5, 0.6) is 0 Å². The van der Waals surface area contributed by atoms with E-state index in [9.17, 15) is 0 Å². The molecule has 0 aromatic carbocycles. The van der Waals surface area contributed by atoms with E-state index >= 15 is 0 Å². The molecule has 2 aromatic rings. The Hall–Kier alpha value is -1.07. The first kappa shape index (κ1) is 14.9. The van der Waals surface area contributed by atoms with Crippen LogP contribution in [0.2, 0.25) is 0 Å². The number of hydrogen-bond donors (Lipinski definition) is 1. The molecule has 0 atom stereocenters. The SMILES string of the molecule is CCCNCc1c(N2CCC(CC)CC2)nc2sccn12. The van der Waals surface area contributed by atoms with Gasteiger partial charge in [0.1, 0.15) is 0 Å². The van der Waals surface area contributed by atoms with Gasteiger partial charge in [0.2, 0.25) is 0 Å². The maximum Gasteiger partial charge on any atom is 0.195 e. The number of aromatic nitrogens is 2. The number of fused-ring (bicyclic) bond motifs is 1. The molecular weight excluding hydrogens is 280 g/mol. The average molecular weight is 306 g/mol. The molecule has 21 heavy (non-hydrogen) atoms. The molecule has 116 valence electrons. The average Bonchev–Trinajstić information content (AvgIpc) is 3.10. The Morgan fingerprint density at radius 3 is 2.86 bits per heavy atom. The molecule has 1 aliphatic heterocycles. The van der Waals surface area contributed by atoms with Crippen molar-refractivity contribution in [2.24, 2.45) is 5.92 Å². The van der Waals surface area contributed by atoms with Crippen molar-refractivity contribution in [1.29, 1.82) is 0 Å². The number of rotatable bonds is 6. The summed E-state index contributed by atoms with van der Waals surface area (Å²) < 4.78 is 2.26. The van der Waals surface area contributed by atoms with Gasteiger partial charge in [0.05, 0.1) is 5.69 Å². The van der Waals surface area contributed by atoms with E-state index in [0.717, 1.165) is 37.1 Å². The van der Waals surface area contributed by atoms with Crippen molar-refractivity contribution >= 4 is 22.1 Å². The fraction of sp³-hybridized carbons (Fsp3) is 0.688. The van der Waals surface area contributed by atoms with Crippen LogP contribution >= 0.6 is 11.3 Å². The molecule has 2 aromatic heterocycles. The van der Waals surface area contributed by atoms with Gasteiger partial charge < -0.3 is 10.2 Å². The monoisotopic (exact) mass is 306 g/mol. The summed E-state index contributed by atoms with van der Waals surface area (Å²) in [4.78, 5) is 8.51. The van der Waals surface area contributed by atoms with Crippen molar-refractivity contribution in [3.63, 3.8) is 0 Å². The van der Waals surface area contributed by atoms with Crippen LogP contribution in [-0.2, 0) is 6.54 Å². The fourth-order valence-electron chi connectivity index (χ4n) is 3.18. The number of thiazole rings is 1. The predicted octanol–water partition coefficient (Wildman–Crippen LogP) is 3.52. The van der Waals surface area contributed by atoms with Crippen molar-refractivity contribution < 1.29 is 0 Å². The van der Waals surface area contributed by atoms with Crippen molar-refractivity contribution in [3.05, 3.63) is 17.3 Å². The molecule has 1 aliphatic rings. The fourth-order valence-corrected chi connectivity index (χ4v) is 3.90. The highest BCUT2D eigenvalue weighted by Gasteiger charge is 2.23. The van der Waals surface area contributed by atoms with Crippen LogP contribution in [0, 0.1) is 5.92 Å². The quantitative estimate of drug-likeness (QED) is 0.829. The normalized spacial score (nSPS) is 17.0. The molecule has 0 aliphatic carbocycles. The van der Waals surface area contributed by atoms with E-state index in [-0.39, 0.29) is 0 Å². The highest BCUT2D eigenvalue weighted by molar-refractivity contribution is 7.15. The Bertz CT molecular complexity index is 566. The zero-order chi connectivity index (χ0) is 14.7. The molecule has 0 amide bonds. The molecule has 1 saturated heterocycles. The van der Waals surface area contributed by atoms with Gasteiger partial charge in [-0.3, -0.25) is 4.40 Å². The number of piperidine rings is 1. The Balaban J connectivity index is 1.80. The largest absolute Gasteiger partial charge is 0.355 e. The van der Waals surface area contributed by atoms with Gasteiger partial charge in [0, 0.05) is 31.2 Å². The highest BCUT2D eigenvalue weighted by atomic mass is 32.1. The van der Waals surface area contributed by atoms with Crippen molar-refractivity contribution in [3.8, 4) is 0 Å². The lowest BCUT2D eigenvalue weighted by Crippen LogP contribution is -2.34. The molecule has 1 N–H and O–H groups in total. The van der Waals surface area contributed by atoms with Crippen LogP contribution < -0.4 is 10.2 Å². The summed E-state index contributed by atoms with van der Waals surface area (Å²) >= 11 is 1.73. The summed E-state index contributed by atoms with van der Waals surface area (Å²) in [6, 6.07) is 0. The van der Waals surface area contributed by atoms with Gasteiger partial charge in [-0.1, -0.05) is 20.3 Å². The summed E-state index contributed by atoms with van der Waals surface area (Å²) in [5.41, 5.74) is 1.33. The third-order valence-corrected chi connectivity index (χ3v) is 5.31. The predicted molar refractivity (Wildman–Crippen MR) is 90.3 cm³/mol. The zero-order valence-electron chi connectivity index (χ0n) is 13.1. The summed E-state index contributed by atoms with van der Waals surface area (Å²) in [6.07, 6.45) is 7.26. The van der Waals surface area contributed by atoms with E-state index in [1.807, 2.05) is 0 Å². The number of imidazole rings is 1. The lowest BCUT2D eigenvalue weighted by atomic mass is 9.94. The first-order valence-electron chi connectivity index (χ1n) is 8.23. The van der Waals surface area contributed by atoms with Gasteiger partial charge in [-0.2, -0.15) is 0 Å². The minimum Gasteiger partial charge on any atom is -0.355 e. The molecule has 0 saturated carbocycles. The standard InChI is InChI=1S/C16H26N4S/c1-3-7-17-12-14-15(18-16-20(14)10-11-21-16)19-8-5-13(4-2)6-9-19/h10-11,13,17H,3-9,12H2,1-2H3. The second-order valence-electron chi connectivity index (χ2n) is 5.95. The van der Waals surface area contributed by atoms with Crippen molar-refractivity contribution in [2.45, 2.75) is 46.1 Å². The Morgan fingerprint density at radius 2 is 2.14 bits per heavy atom. The number of hydrogen-bond acceptors (Lipinski definition) is 4. The van der Waals surface area contributed by atoms with Crippen LogP contribution in [-0.4, -0.2) is 29.0 Å². The molecule has 3 heterocycles. The van der Waals surface area contributed by atoms with E-state index < -0.39 is 0 Å². The lowest BCUT2D eigenvalue weighted by molar-refractivity contribution is 0.393. The van der Waals surface area contributed by atoms with Crippen molar-refractivity contribution in [2.75, 3.05) is 24.5 Å². The topological polar surface area (TPSA) is 32.6 Å². The number of nitrogens with one attached hydrogen (secondary N) is 1. The van der Waals surface area contributed by atoms with Gasteiger partial charge in [-0.25, -0.2) is 4.98 Å². The number of anilines is 1. The number of nitrogens with zero attached hydrogens (tertiary/aromatic N) is 3. The van der Waals surface area contributed by atoms with Gasteiger partial charge >= 0.3 is 0 Å². The summed E-state index contributed by atoms with van der Waals surface area (Å²) in [5.74, 6) is 2.12. The molecule has 5 heteroatoms.